The van der Waals surface area contributed by atoms with Crippen molar-refractivity contribution in [3.63, 3.8) is 0 Å². The molecule has 3 rings (SSSR count). The summed E-state index contributed by atoms with van der Waals surface area (Å²) >= 11 is 0. The summed E-state index contributed by atoms with van der Waals surface area (Å²) in [6.45, 7) is 3.89. The van der Waals surface area contributed by atoms with Gasteiger partial charge < -0.3 is 14.4 Å². The second-order valence-corrected chi connectivity index (χ2v) is 8.00. The fourth-order valence-electron chi connectivity index (χ4n) is 3.37. The largest absolute Gasteiger partial charge is 0.485 e. The molecule has 0 heterocycles. The van der Waals surface area contributed by atoms with Crippen LogP contribution in [0.15, 0.2) is 78.9 Å². The fraction of sp³-hybridized carbons (Fsp3) is 0.321. The van der Waals surface area contributed by atoms with Gasteiger partial charge in [0.05, 0.1) is 0 Å². The van der Waals surface area contributed by atoms with Crippen molar-refractivity contribution < 1.29 is 14.3 Å². The van der Waals surface area contributed by atoms with Crippen LogP contribution in [0.1, 0.15) is 42.9 Å². The summed E-state index contributed by atoms with van der Waals surface area (Å²) < 4.78 is 12.2. The normalized spacial score (nSPS) is 10.6. The minimum atomic E-state index is 0.176. The summed E-state index contributed by atoms with van der Waals surface area (Å²) in [7, 11) is 1.88. The van der Waals surface area contributed by atoms with E-state index >= 15 is 0 Å². The molecule has 0 fully saturated rings. The van der Waals surface area contributed by atoms with Crippen molar-refractivity contribution in [2.45, 2.75) is 45.8 Å². The molecule has 0 saturated carbocycles. The van der Waals surface area contributed by atoms with E-state index < -0.39 is 0 Å². The number of rotatable bonds is 12. The summed E-state index contributed by atoms with van der Waals surface area (Å²) in [4.78, 5) is 14.2. The molecule has 0 saturated heterocycles. The van der Waals surface area contributed by atoms with Crippen LogP contribution < -0.4 is 9.47 Å². The summed E-state index contributed by atoms with van der Waals surface area (Å²) in [6.07, 6.45) is 3.29. The van der Waals surface area contributed by atoms with Crippen LogP contribution in [0.3, 0.4) is 0 Å². The molecule has 0 aromatic heterocycles. The molecule has 0 bridgehead atoms. The minimum absolute atomic E-state index is 0.176. The van der Waals surface area contributed by atoms with Crippen LogP contribution in [0.25, 0.3) is 0 Å². The average Bonchev–Trinajstić information content (AvgIpc) is 2.85. The highest BCUT2D eigenvalue weighted by molar-refractivity contribution is 5.76. The maximum atomic E-state index is 12.4. The molecule has 3 aromatic carbocycles. The van der Waals surface area contributed by atoms with E-state index in [1.807, 2.05) is 90.8 Å². The van der Waals surface area contributed by atoms with E-state index in [9.17, 15) is 4.79 Å². The Hall–Kier alpha value is -3.27. The molecule has 0 unspecified atom stereocenters. The zero-order valence-corrected chi connectivity index (χ0v) is 19.1. The molecule has 4 nitrogen and oxygen atoms in total. The Balaban J connectivity index is 1.67. The van der Waals surface area contributed by atoms with Crippen LogP contribution >= 0.6 is 0 Å². The van der Waals surface area contributed by atoms with Crippen molar-refractivity contribution >= 4 is 5.91 Å². The van der Waals surface area contributed by atoms with Gasteiger partial charge in [0, 0.05) is 20.0 Å². The number of unbranched alkanes of at least 4 members (excludes halogenated alkanes) is 1. The van der Waals surface area contributed by atoms with Crippen LogP contribution in [0.4, 0.5) is 0 Å². The Morgan fingerprint density at radius 2 is 1.38 bits per heavy atom. The number of benzene rings is 3. The Morgan fingerprint density at radius 1 is 0.781 bits per heavy atom. The van der Waals surface area contributed by atoms with Gasteiger partial charge in [-0.05, 0) is 41.7 Å². The molecular weight excluding hydrogens is 398 g/mol. The van der Waals surface area contributed by atoms with Gasteiger partial charge in [-0.2, -0.15) is 0 Å². The van der Waals surface area contributed by atoms with Gasteiger partial charge in [0.25, 0.3) is 0 Å². The van der Waals surface area contributed by atoms with Gasteiger partial charge >= 0.3 is 0 Å². The van der Waals surface area contributed by atoms with Crippen LogP contribution in [-0.2, 0) is 24.4 Å². The maximum absolute atomic E-state index is 12.4. The van der Waals surface area contributed by atoms with E-state index in [-0.39, 0.29) is 5.91 Å². The Kier molecular flexibility index (Phi) is 9.18. The van der Waals surface area contributed by atoms with Crippen LogP contribution in [0.5, 0.6) is 11.5 Å². The lowest BCUT2D eigenvalue weighted by molar-refractivity contribution is -0.129. The Morgan fingerprint density at radius 3 is 1.97 bits per heavy atom. The van der Waals surface area contributed by atoms with Gasteiger partial charge in [-0.1, -0.05) is 80.1 Å². The molecule has 1 amide bonds. The zero-order valence-electron chi connectivity index (χ0n) is 19.1. The topological polar surface area (TPSA) is 38.8 Å². The lowest BCUT2D eigenvalue weighted by Crippen LogP contribution is -2.27. The third-order valence-electron chi connectivity index (χ3n) is 5.38. The number of carbonyl (C=O) groups is 1. The first-order chi connectivity index (χ1) is 15.7. The van der Waals surface area contributed by atoms with E-state index in [4.69, 9.17) is 9.47 Å². The summed E-state index contributed by atoms with van der Waals surface area (Å²) in [5.74, 6) is 1.59. The first-order valence-corrected chi connectivity index (χ1v) is 11.4. The third-order valence-corrected chi connectivity index (χ3v) is 5.38. The van der Waals surface area contributed by atoms with E-state index in [1.165, 1.54) is 0 Å². The van der Waals surface area contributed by atoms with Gasteiger partial charge in [-0.3, -0.25) is 4.79 Å². The number of aryl methyl sites for hydroxylation is 1. The molecule has 0 aliphatic rings. The monoisotopic (exact) mass is 431 g/mol. The molecular formula is C28H33NO3. The second-order valence-electron chi connectivity index (χ2n) is 8.00. The molecule has 32 heavy (non-hydrogen) atoms. The third kappa shape index (κ3) is 7.45. The molecule has 168 valence electrons. The van der Waals surface area contributed by atoms with Crippen molar-refractivity contribution in [1.82, 2.24) is 4.90 Å². The highest BCUT2D eigenvalue weighted by Gasteiger charge is 2.12. The highest BCUT2D eigenvalue weighted by atomic mass is 16.5. The van der Waals surface area contributed by atoms with Crippen LogP contribution in [0, 0.1) is 0 Å². The number of hydrogen-bond acceptors (Lipinski definition) is 3. The number of hydrogen-bond donors (Lipinski definition) is 0. The Labute approximate surface area is 191 Å². The predicted octanol–water partition coefficient (Wildman–Crippen LogP) is 6.04. The van der Waals surface area contributed by atoms with E-state index in [0.29, 0.717) is 37.6 Å². The summed E-state index contributed by atoms with van der Waals surface area (Å²) in [5, 5.41) is 0. The Bertz CT molecular complexity index is 957. The van der Waals surface area contributed by atoms with Crippen LogP contribution in [-0.4, -0.2) is 24.4 Å². The van der Waals surface area contributed by atoms with Gasteiger partial charge in [-0.15, -0.1) is 0 Å². The number of amides is 1. The minimum Gasteiger partial charge on any atom is -0.485 e. The van der Waals surface area contributed by atoms with Crippen molar-refractivity contribution in [3.05, 3.63) is 95.6 Å². The van der Waals surface area contributed by atoms with Gasteiger partial charge in [0.2, 0.25) is 5.91 Å². The van der Waals surface area contributed by atoms with E-state index in [1.54, 1.807) is 0 Å². The molecule has 4 heteroatoms. The second kappa shape index (κ2) is 12.6. The number of carbonyl (C=O) groups excluding carboxylic acids is 1. The van der Waals surface area contributed by atoms with Crippen LogP contribution in [0.2, 0.25) is 0 Å². The highest BCUT2D eigenvalue weighted by Crippen LogP contribution is 2.30. The first kappa shape index (κ1) is 23.4. The van der Waals surface area contributed by atoms with Gasteiger partial charge in [0.1, 0.15) is 13.2 Å². The molecule has 0 spiro atoms. The van der Waals surface area contributed by atoms with Gasteiger partial charge in [-0.25, -0.2) is 0 Å². The smallest absolute Gasteiger partial charge is 0.222 e. The number of ether oxygens (including phenoxy) is 2. The molecule has 0 atom stereocenters. The fourth-order valence-corrected chi connectivity index (χ4v) is 3.37. The van der Waals surface area contributed by atoms with E-state index in [2.05, 4.69) is 6.92 Å². The predicted molar refractivity (Wildman–Crippen MR) is 129 cm³/mol. The molecule has 0 radical (unpaired) electrons. The van der Waals surface area contributed by atoms with E-state index in [0.717, 1.165) is 36.1 Å². The molecule has 0 aliphatic heterocycles. The maximum Gasteiger partial charge on any atom is 0.222 e. The molecule has 0 aliphatic carbocycles. The first-order valence-electron chi connectivity index (χ1n) is 11.4. The SMILES string of the molecule is CCCCN(C)C(=O)CCc1ccc(OCc2ccccc2)c(OCc2ccccc2)c1. The van der Waals surface area contributed by atoms with Crippen molar-refractivity contribution in [3.8, 4) is 11.5 Å². The average molecular weight is 432 g/mol. The lowest BCUT2D eigenvalue weighted by Gasteiger charge is -2.17. The molecule has 0 N–H and O–H groups in total. The molecule has 3 aromatic rings. The lowest BCUT2D eigenvalue weighted by atomic mass is 10.1. The zero-order chi connectivity index (χ0) is 22.6. The van der Waals surface area contributed by atoms with Crippen molar-refractivity contribution in [2.24, 2.45) is 0 Å². The van der Waals surface area contributed by atoms with Crippen molar-refractivity contribution in [2.75, 3.05) is 13.6 Å². The van der Waals surface area contributed by atoms with Crippen molar-refractivity contribution in [1.29, 1.82) is 0 Å². The number of nitrogens with zero attached hydrogens (tertiary/aromatic N) is 1. The summed E-state index contributed by atoms with van der Waals surface area (Å²) in [5.41, 5.74) is 3.27. The van der Waals surface area contributed by atoms with Gasteiger partial charge in [0.15, 0.2) is 11.5 Å². The summed E-state index contributed by atoms with van der Waals surface area (Å²) in [6, 6.07) is 26.1. The quantitative estimate of drug-likeness (QED) is 0.351. The standard InChI is InChI=1S/C28H33NO3/c1-3-4-19-29(2)28(30)18-16-23-15-17-26(31-21-24-11-7-5-8-12-24)27(20-23)32-22-25-13-9-6-10-14-25/h5-15,17,20H,3-4,16,18-19,21-22H2,1-2H3.